The number of guanidine groups is 1. The van der Waals surface area contributed by atoms with Crippen molar-refractivity contribution in [3.8, 4) is 11.5 Å². The average molecular weight is 385 g/mol. The molecule has 1 N–H and O–H groups in total. The summed E-state index contributed by atoms with van der Waals surface area (Å²) in [6, 6.07) is 6.19. The van der Waals surface area contributed by atoms with Crippen LogP contribution in [-0.4, -0.2) is 70.5 Å². The molecule has 1 fully saturated rings. The third-order valence-corrected chi connectivity index (χ3v) is 5.31. The molecule has 0 aliphatic carbocycles. The van der Waals surface area contributed by atoms with Gasteiger partial charge in [-0.1, -0.05) is 6.07 Å². The minimum atomic E-state index is 0.317. The van der Waals surface area contributed by atoms with E-state index in [0.717, 1.165) is 61.8 Å². The molecular weight excluding hydrogens is 358 g/mol. The van der Waals surface area contributed by atoms with Crippen molar-refractivity contribution in [2.24, 2.45) is 12.0 Å². The van der Waals surface area contributed by atoms with Crippen LogP contribution in [0.5, 0.6) is 11.5 Å². The second kappa shape index (κ2) is 8.05. The van der Waals surface area contributed by atoms with E-state index in [4.69, 9.17) is 9.47 Å². The summed E-state index contributed by atoms with van der Waals surface area (Å²) in [6.07, 6.45) is 0. The minimum Gasteiger partial charge on any atom is -0.454 e. The predicted octanol–water partition coefficient (Wildman–Crippen LogP) is 0.745. The van der Waals surface area contributed by atoms with Crippen LogP contribution in [0.25, 0.3) is 0 Å². The highest BCUT2D eigenvalue weighted by molar-refractivity contribution is 5.79. The molecule has 1 saturated heterocycles. The summed E-state index contributed by atoms with van der Waals surface area (Å²) in [4.78, 5) is 9.18. The van der Waals surface area contributed by atoms with Gasteiger partial charge in [0.25, 0.3) is 0 Å². The van der Waals surface area contributed by atoms with Gasteiger partial charge in [-0.3, -0.25) is 9.89 Å². The Labute approximate surface area is 165 Å². The number of aryl methyl sites for hydroxylation is 1. The molecule has 0 saturated carbocycles. The average Bonchev–Trinajstić information content (AvgIpc) is 3.30. The maximum atomic E-state index is 5.48. The SMILES string of the molecule is CN=C(NCc1nnc(C)n1C)N1CCN(Cc2ccc3c(c2)OCO3)CC1. The molecule has 28 heavy (non-hydrogen) atoms. The summed E-state index contributed by atoms with van der Waals surface area (Å²) in [5.74, 6) is 4.40. The summed E-state index contributed by atoms with van der Waals surface area (Å²) < 4.78 is 12.9. The van der Waals surface area contributed by atoms with Gasteiger partial charge in [0.1, 0.15) is 5.82 Å². The Morgan fingerprint density at radius 2 is 1.93 bits per heavy atom. The molecule has 9 heteroatoms. The van der Waals surface area contributed by atoms with E-state index >= 15 is 0 Å². The highest BCUT2D eigenvalue weighted by atomic mass is 16.7. The second-order valence-corrected chi connectivity index (χ2v) is 7.07. The van der Waals surface area contributed by atoms with Crippen LogP contribution in [0.3, 0.4) is 0 Å². The Balaban J connectivity index is 1.28. The molecule has 2 aliphatic rings. The largest absolute Gasteiger partial charge is 0.454 e. The minimum absolute atomic E-state index is 0.317. The Hall–Kier alpha value is -2.81. The molecule has 0 unspecified atom stereocenters. The van der Waals surface area contributed by atoms with Crippen molar-refractivity contribution in [1.29, 1.82) is 0 Å². The number of aliphatic imine (C=N–C) groups is 1. The van der Waals surface area contributed by atoms with Crippen LogP contribution in [0, 0.1) is 6.92 Å². The van der Waals surface area contributed by atoms with E-state index in [1.807, 2.05) is 31.7 Å². The maximum Gasteiger partial charge on any atom is 0.231 e. The maximum absolute atomic E-state index is 5.48. The lowest BCUT2D eigenvalue weighted by Gasteiger charge is -2.36. The van der Waals surface area contributed by atoms with E-state index in [1.54, 1.807) is 0 Å². The molecule has 3 heterocycles. The van der Waals surface area contributed by atoms with Crippen LogP contribution in [0.2, 0.25) is 0 Å². The summed E-state index contributed by atoms with van der Waals surface area (Å²) in [6.45, 7) is 7.62. The van der Waals surface area contributed by atoms with E-state index in [0.29, 0.717) is 13.3 Å². The van der Waals surface area contributed by atoms with Gasteiger partial charge in [-0.25, -0.2) is 0 Å². The van der Waals surface area contributed by atoms with Crippen molar-refractivity contribution in [3.63, 3.8) is 0 Å². The highest BCUT2D eigenvalue weighted by Gasteiger charge is 2.21. The number of aromatic nitrogens is 3. The van der Waals surface area contributed by atoms with E-state index in [-0.39, 0.29) is 0 Å². The van der Waals surface area contributed by atoms with Gasteiger partial charge in [0, 0.05) is 46.8 Å². The molecule has 0 bridgehead atoms. The number of ether oxygens (including phenoxy) is 2. The summed E-state index contributed by atoms with van der Waals surface area (Å²) >= 11 is 0. The number of fused-ring (bicyclic) bond motifs is 1. The molecule has 0 atom stereocenters. The first-order valence-electron chi connectivity index (χ1n) is 9.55. The Morgan fingerprint density at radius 3 is 2.64 bits per heavy atom. The Bertz CT molecular complexity index is 856. The molecule has 9 nitrogen and oxygen atoms in total. The number of hydrogen-bond donors (Lipinski definition) is 1. The normalized spacial score (nSPS) is 17.2. The molecule has 1 aromatic carbocycles. The zero-order valence-electron chi connectivity index (χ0n) is 16.7. The first kappa shape index (κ1) is 18.5. The van der Waals surface area contributed by atoms with Crippen molar-refractivity contribution in [3.05, 3.63) is 35.4 Å². The molecule has 150 valence electrons. The monoisotopic (exact) mass is 385 g/mol. The topological polar surface area (TPSA) is 80.0 Å². The van der Waals surface area contributed by atoms with Gasteiger partial charge in [0.15, 0.2) is 23.3 Å². The van der Waals surface area contributed by atoms with Gasteiger partial charge in [0.05, 0.1) is 6.54 Å². The van der Waals surface area contributed by atoms with Crippen LogP contribution in [0.4, 0.5) is 0 Å². The van der Waals surface area contributed by atoms with Gasteiger partial charge in [-0.2, -0.15) is 0 Å². The van der Waals surface area contributed by atoms with E-state index in [9.17, 15) is 0 Å². The van der Waals surface area contributed by atoms with Gasteiger partial charge in [0.2, 0.25) is 6.79 Å². The first-order chi connectivity index (χ1) is 13.6. The van der Waals surface area contributed by atoms with E-state index in [2.05, 4.69) is 42.4 Å². The van der Waals surface area contributed by atoms with E-state index < -0.39 is 0 Å². The number of nitrogens with zero attached hydrogens (tertiary/aromatic N) is 6. The summed E-state index contributed by atoms with van der Waals surface area (Å²) in [5.41, 5.74) is 1.25. The third kappa shape index (κ3) is 3.89. The van der Waals surface area contributed by atoms with Crippen LogP contribution in [-0.2, 0) is 20.1 Å². The molecule has 4 rings (SSSR count). The third-order valence-electron chi connectivity index (χ3n) is 5.31. The van der Waals surface area contributed by atoms with Crippen molar-refractivity contribution >= 4 is 5.96 Å². The number of nitrogens with one attached hydrogen (secondary N) is 1. The van der Waals surface area contributed by atoms with Crippen molar-refractivity contribution < 1.29 is 9.47 Å². The summed E-state index contributed by atoms with van der Waals surface area (Å²) in [5, 5.41) is 11.7. The molecule has 0 radical (unpaired) electrons. The van der Waals surface area contributed by atoms with Crippen molar-refractivity contribution in [2.75, 3.05) is 40.0 Å². The quantitative estimate of drug-likeness (QED) is 0.614. The lowest BCUT2D eigenvalue weighted by atomic mass is 10.1. The molecule has 0 amide bonds. The van der Waals surface area contributed by atoms with Gasteiger partial charge >= 0.3 is 0 Å². The number of hydrogen-bond acceptors (Lipinski definition) is 6. The van der Waals surface area contributed by atoms with Gasteiger partial charge in [-0.15, -0.1) is 10.2 Å². The van der Waals surface area contributed by atoms with Crippen LogP contribution in [0.1, 0.15) is 17.2 Å². The standard InChI is InChI=1S/C19H27N7O2/c1-14-22-23-18(24(14)3)11-21-19(20-2)26-8-6-25(7-9-26)12-15-4-5-16-17(10-15)28-13-27-16/h4-5,10H,6-9,11-13H2,1-3H3,(H,20,21). The smallest absolute Gasteiger partial charge is 0.231 e. The second-order valence-electron chi connectivity index (χ2n) is 7.07. The van der Waals surface area contributed by atoms with Gasteiger partial charge < -0.3 is 24.3 Å². The number of rotatable bonds is 4. The highest BCUT2D eigenvalue weighted by Crippen LogP contribution is 2.32. The molecular formula is C19H27N7O2. The number of piperazine rings is 1. The molecule has 2 aliphatic heterocycles. The lowest BCUT2D eigenvalue weighted by Crippen LogP contribution is -2.52. The molecule has 2 aromatic rings. The van der Waals surface area contributed by atoms with Gasteiger partial charge in [-0.05, 0) is 24.6 Å². The molecule has 1 aromatic heterocycles. The molecule has 0 spiro atoms. The fourth-order valence-corrected chi connectivity index (χ4v) is 3.51. The number of benzene rings is 1. The Morgan fingerprint density at radius 1 is 1.14 bits per heavy atom. The van der Waals surface area contributed by atoms with E-state index in [1.165, 1.54) is 5.56 Å². The van der Waals surface area contributed by atoms with Crippen LogP contribution >= 0.6 is 0 Å². The summed E-state index contributed by atoms with van der Waals surface area (Å²) in [7, 11) is 3.80. The fourth-order valence-electron chi connectivity index (χ4n) is 3.51. The zero-order chi connectivity index (χ0) is 19.5. The van der Waals surface area contributed by atoms with Crippen LogP contribution in [0.15, 0.2) is 23.2 Å². The predicted molar refractivity (Wildman–Crippen MR) is 105 cm³/mol. The fraction of sp³-hybridized carbons (Fsp3) is 0.526. The lowest BCUT2D eigenvalue weighted by molar-refractivity contribution is 0.171. The Kier molecular flexibility index (Phi) is 5.34. The first-order valence-corrected chi connectivity index (χ1v) is 9.55. The zero-order valence-corrected chi connectivity index (χ0v) is 16.7. The van der Waals surface area contributed by atoms with Crippen molar-refractivity contribution in [1.82, 2.24) is 29.9 Å². The van der Waals surface area contributed by atoms with Crippen molar-refractivity contribution in [2.45, 2.75) is 20.0 Å². The van der Waals surface area contributed by atoms with Crippen LogP contribution < -0.4 is 14.8 Å².